The maximum Gasteiger partial charge on any atom is 0.248 e. The van der Waals surface area contributed by atoms with Gasteiger partial charge in [-0.1, -0.05) is 49.4 Å². The second-order valence-corrected chi connectivity index (χ2v) is 6.54. The van der Waals surface area contributed by atoms with Gasteiger partial charge in [-0.05, 0) is 60.0 Å². The third-order valence-electron chi connectivity index (χ3n) is 4.15. The van der Waals surface area contributed by atoms with Crippen molar-refractivity contribution in [1.29, 1.82) is 0 Å². The van der Waals surface area contributed by atoms with Crippen molar-refractivity contribution in [3.8, 4) is 11.5 Å². The Hall–Kier alpha value is -3.53. The Morgan fingerprint density at radius 3 is 2.21 bits per heavy atom. The molecule has 4 nitrogen and oxygen atoms in total. The molecule has 1 N–H and O–H groups in total. The van der Waals surface area contributed by atoms with Gasteiger partial charge in [0, 0.05) is 11.8 Å². The van der Waals surface area contributed by atoms with E-state index >= 15 is 0 Å². The van der Waals surface area contributed by atoms with Gasteiger partial charge in [0.15, 0.2) is 0 Å². The minimum atomic E-state index is -0.186. The van der Waals surface area contributed by atoms with Crippen LogP contribution in [0.2, 0.25) is 0 Å². The fraction of sp³-hybridized carbons (Fsp3) is 0.160. The van der Waals surface area contributed by atoms with Crippen molar-refractivity contribution in [3.05, 3.63) is 96.1 Å². The average Bonchev–Trinajstić information content (AvgIpc) is 2.77. The van der Waals surface area contributed by atoms with Gasteiger partial charge in [-0.25, -0.2) is 0 Å². The van der Waals surface area contributed by atoms with Crippen LogP contribution in [-0.2, 0) is 11.4 Å². The number of nitrogens with one attached hydrogen (secondary N) is 1. The maximum atomic E-state index is 12.1. The molecule has 4 heteroatoms. The van der Waals surface area contributed by atoms with Crippen LogP contribution < -0.4 is 14.8 Å². The summed E-state index contributed by atoms with van der Waals surface area (Å²) in [5, 5.41) is 2.85. The number of anilines is 1. The van der Waals surface area contributed by atoms with Crippen LogP contribution in [0.3, 0.4) is 0 Å². The summed E-state index contributed by atoms with van der Waals surface area (Å²) in [5.74, 6) is 1.41. The van der Waals surface area contributed by atoms with E-state index in [9.17, 15) is 4.79 Å². The summed E-state index contributed by atoms with van der Waals surface area (Å²) < 4.78 is 11.3. The third-order valence-corrected chi connectivity index (χ3v) is 4.15. The standard InChI is InChI=1S/C25H25NO3/c1-2-18-28-23-13-8-20(9-14-23)10-17-25(27)26-22-11-15-24(16-12-22)29-19-21-6-4-3-5-7-21/h3-17H,2,18-19H2,1H3,(H,26,27). The highest BCUT2D eigenvalue weighted by molar-refractivity contribution is 6.01. The summed E-state index contributed by atoms with van der Waals surface area (Å²) in [4.78, 5) is 12.1. The van der Waals surface area contributed by atoms with Gasteiger partial charge in [-0.3, -0.25) is 4.79 Å². The van der Waals surface area contributed by atoms with Crippen LogP contribution in [0.5, 0.6) is 11.5 Å². The topological polar surface area (TPSA) is 47.6 Å². The monoisotopic (exact) mass is 387 g/mol. The molecule has 3 aromatic carbocycles. The second-order valence-electron chi connectivity index (χ2n) is 6.54. The van der Waals surface area contributed by atoms with E-state index in [1.165, 1.54) is 6.08 Å². The maximum absolute atomic E-state index is 12.1. The Kier molecular flexibility index (Phi) is 7.47. The highest BCUT2D eigenvalue weighted by atomic mass is 16.5. The molecule has 0 saturated heterocycles. The predicted octanol–water partition coefficient (Wildman–Crippen LogP) is 5.71. The second kappa shape index (κ2) is 10.7. The molecule has 0 aromatic heterocycles. The summed E-state index contributed by atoms with van der Waals surface area (Å²) in [5.41, 5.74) is 2.77. The average molecular weight is 387 g/mol. The van der Waals surface area contributed by atoms with Crippen LogP contribution in [0.1, 0.15) is 24.5 Å². The molecule has 148 valence electrons. The molecule has 0 bridgehead atoms. The fourth-order valence-electron chi connectivity index (χ4n) is 2.63. The molecule has 29 heavy (non-hydrogen) atoms. The van der Waals surface area contributed by atoms with E-state index in [0.29, 0.717) is 13.2 Å². The van der Waals surface area contributed by atoms with Crippen LogP contribution in [0.15, 0.2) is 84.9 Å². The van der Waals surface area contributed by atoms with Gasteiger partial charge in [0.1, 0.15) is 18.1 Å². The Morgan fingerprint density at radius 2 is 1.52 bits per heavy atom. The van der Waals surface area contributed by atoms with Crippen molar-refractivity contribution in [2.75, 3.05) is 11.9 Å². The summed E-state index contributed by atoms with van der Waals surface area (Å²) in [6.07, 6.45) is 4.26. The molecule has 0 radical (unpaired) electrons. The summed E-state index contributed by atoms with van der Waals surface area (Å²) in [6, 6.07) is 25.0. The van der Waals surface area contributed by atoms with E-state index in [0.717, 1.165) is 34.7 Å². The molecule has 0 atom stereocenters. The number of carbonyl (C=O) groups is 1. The minimum absolute atomic E-state index is 0.186. The van der Waals surface area contributed by atoms with Gasteiger partial charge in [-0.2, -0.15) is 0 Å². The van der Waals surface area contributed by atoms with Gasteiger partial charge < -0.3 is 14.8 Å². The zero-order chi connectivity index (χ0) is 20.3. The number of ether oxygens (including phenoxy) is 2. The smallest absolute Gasteiger partial charge is 0.248 e. The largest absolute Gasteiger partial charge is 0.494 e. The number of hydrogen-bond donors (Lipinski definition) is 1. The Morgan fingerprint density at radius 1 is 0.862 bits per heavy atom. The van der Waals surface area contributed by atoms with Crippen LogP contribution in [0.25, 0.3) is 6.08 Å². The number of amides is 1. The van der Waals surface area contributed by atoms with Crippen molar-refractivity contribution in [3.63, 3.8) is 0 Å². The van der Waals surface area contributed by atoms with Crippen LogP contribution >= 0.6 is 0 Å². The number of benzene rings is 3. The molecule has 3 aromatic rings. The van der Waals surface area contributed by atoms with Crippen LogP contribution in [0, 0.1) is 0 Å². The number of rotatable bonds is 9. The predicted molar refractivity (Wildman–Crippen MR) is 117 cm³/mol. The van der Waals surface area contributed by atoms with Gasteiger partial charge in [0.25, 0.3) is 0 Å². The van der Waals surface area contributed by atoms with E-state index in [1.54, 1.807) is 6.08 Å². The first-order valence-corrected chi connectivity index (χ1v) is 9.71. The molecular weight excluding hydrogens is 362 g/mol. The first kappa shape index (κ1) is 20.2. The highest BCUT2D eigenvalue weighted by Gasteiger charge is 2.00. The molecular formula is C25H25NO3. The summed E-state index contributed by atoms with van der Waals surface area (Å²) in [7, 11) is 0. The molecule has 1 amide bonds. The molecule has 0 fully saturated rings. The molecule has 0 spiro atoms. The zero-order valence-electron chi connectivity index (χ0n) is 16.5. The van der Waals surface area contributed by atoms with E-state index in [1.807, 2.05) is 78.9 Å². The van der Waals surface area contributed by atoms with E-state index in [2.05, 4.69) is 12.2 Å². The van der Waals surface area contributed by atoms with Gasteiger partial charge in [-0.15, -0.1) is 0 Å². The summed E-state index contributed by atoms with van der Waals surface area (Å²) in [6.45, 7) is 3.28. The first-order valence-electron chi connectivity index (χ1n) is 9.71. The number of carbonyl (C=O) groups excluding carboxylic acids is 1. The van der Waals surface area contributed by atoms with Gasteiger partial charge in [0.2, 0.25) is 5.91 Å². The quantitative estimate of drug-likeness (QED) is 0.479. The van der Waals surface area contributed by atoms with Gasteiger partial charge >= 0.3 is 0 Å². The lowest BCUT2D eigenvalue weighted by Gasteiger charge is -2.08. The SMILES string of the molecule is CCCOc1ccc(C=CC(=O)Nc2ccc(OCc3ccccc3)cc2)cc1. The number of hydrogen-bond acceptors (Lipinski definition) is 3. The summed E-state index contributed by atoms with van der Waals surface area (Å²) >= 11 is 0. The third kappa shape index (κ3) is 6.85. The van der Waals surface area contributed by atoms with E-state index < -0.39 is 0 Å². The van der Waals surface area contributed by atoms with Crippen molar-refractivity contribution >= 4 is 17.7 Å². The van der Waals surface area contributed by atoms with Crippen molar-refractivity contribution < 1.29 is 14.3 Å². The lowest BCUT2D eigenvalue weighted by atomic mass is 10.2. The first-order chi connectivity index (χ1) is 14.2. The van der Waals surface area contributed by atoms with E-state index in [4.69, 9.17) is 9.47 Å². The Balaban J connectivity index is 1.48. The van der Waals surface area contributed by atoms with Gasteiger partial charge in [0.05, 0.1) is 6.61 Å². The molecule has 0 aliphatic heterocycles. The highest BCUT2D eigenvalue weighted by Crippen LogP contribution is 2.17. The molecule has 3 rings (SSSR count). The van der Waals surface area contributed by atoms with Crippen molar-refractivity contribution in [1.82, 2.24) is 0 Å². The lowest BCUT2D eigenvalue weighted by Crippen LogP contribution is -2.07. The Bertz CT molecular complexity index is 917. The molecule has 0 aliphatic carbocycles. The van der Waals surface area contributed by atoms with E-state index in [-0.39, 0.29) is 5.91 Å². The minimum Gasteiger partial charge on any atom is -0.494 e. The molecule has 0 unspecified atom stereocenters. The van der Waals surface area contributed by atoms with Crippen molar-refractivity contribution in [2.24, 2.45) is 0 Å². The zero-order valence-corrected chi connectivity index (χ0v) is 16.5. The lowest BCUT2D eigenvalue weighted by molar-refractivity contribution is -0.111. The van der Waals surface area contributed by atoms with Crippen LogP contribution in [-0.4, -0.2) is 12.5 Å². The fourth-order valence-corrected chi connectivity index (χ4v) is 2.63. The van der Waals surface area contributed by atoms with Crippen molar-refractivity contribution in [2.45, 2.75) is 20.0 Å². The van der Waals surface area contributed by atoms with Crippen LogP contribution in [0.4, 0.5) is 5.69 Å². The molecule has 0 aliphatic rings. The molecule has 0 saturated carbocycles. The Labute approximate surface area is 171 Å². The normalized spacial score (nSPS) is 10.7. The molecule has 0 heterocycles.